The molecular weight excluding hydrogens is 254 g/mol. The third-order valence-electron chi connectivity index (χ3n) is 3.19. The van der Waals surface area contributed by atoms with Gasteiger partial charge in [0.25, 0.3) is 11.7 Å². The van der Waals surface area contributed by atoms with Crippen molar-refractivity contribution in [3.63, 3.8) is 0 Å². The van der Waals surface area contributed by atoms with Crippen LogP contribution < -0.4 is 5.32 Å². The van der Waals surface area contributed by atoms with E-state index in [9.17, 15) is 4.79 Å². The first-order chi connectivity index (χ1) is 9.47. The number of aryl methyl sites for hydroxylation is 1. The Morgan fingerprint density at radius 2 is 2.10 bits per heavy atom. The van der Waals surface area contributed by atoms with Crippen LogP contribution in [-0.4, -0.2) is 31.5 Å². The molecule has 6 nitrogen and oxygen atoms in total. The smallest absolute Gasteiger partial charge is 0.291 e. The van der Waals surface area contributed by atoms with E-state index in [-0.39, 0.29) is 17.8 Å². The maximum absolute atomic E-state index is 12.1. The summed E-state index contributed by atoms with van der Waals surface area (Å²) >= 11 is 0. The van der Waals surface area contributed by atoms with Crippen LogP contribution in [0.3, 0.4) is 0 Å². The summed E-state index contributed by atoms with van der Waals surface area (Å²) in [5.41, 5.74) is 0.898. The molecule has 20 heavy (non-hydrogen) atoms. The molecule has 108 valence electrons. The van der Waals surface area contributed by atoms with Crippen molar-refractivity contribution in [2.24, 2.45) is 5.92 Å². The lowest BCUT2D eigenvalue weighted by Crippen LogP contribution is -2.33. The van der Waals surface area contributed by atoms with Crippen LogP contribution in [0, 0.1) is 12.8 Å². The monoisotopic (exact) mass is 275 g/mol. The third kappa shape index (κ3) is 3.31. The molecule has 0 fully saturated rings. The van der Waals surface area contributed by atoms with Gasteiger partial charge in [0, 0.05) is 17.9 Å². The minimum Gasteiger partial charge on any atom is -0.347 e. The van der Waals surface area contributed by atoms with Crippen LogP contribution in [0.15, 0.2) is 12.3 Å². The number of carbonyl (C=O) groups is 1. The van der Waals surface area contributed by atoms with Gasteiger partial charge in [-0.1, -0.05) is 13.8 Å². The second-order valence-electron chi connectivity index (χ2n) is 5.58. The molecule has 0 bridgehead atoms. The summed E-state index contributed by atoms with van der Waals surface area (Å²) in [7, 11) is 0. The lowest BCUT2D eigenvalue weighted by Gasteiger charge is -2.13. The van der Waals surface area contributed by atoms with Gasteiger partial charge >= 0.3 is 0 Å². The lowest BCUT2D eigenvalue weighted by atomic mass is 10.0. The number of fused-ring (bicyclic) bond motifs is 1. The number of amides is 1. The average Bonchev–Trinajstić information content (AvgIpc) is 2.82. The van der Waals surface area contributed by atoms with Crippen LogP contribution in [0.25, 0.3) is 5.78 Å². The van der Waals surface area contributed by atoms with Gasteiger partial charge < -0.3 is 5.32 Å². The highest BCUT2D eigenvalue weighted by molar-refractivity contribution is 5.90. The predicted octanol–water partition coefficient (Wildman–Crippen LogP) is 1.99. The van der Waals surface area contributed by atoms with Crippen LogP contribution in [0.1, 0.15) is 49.9 Å². The van der Waals surface area contributed by atoms with Crippen molar-refractivity contribution in [1.82, 2.24) is 24.9 Å². The Balaban J connectivity index is 2.06. The zero-order valence-electron chi connectivity index (χ0n) is 12.4. The summed E-state index contributed by atoms with van der Waals surface area (Å²) in [6.45, 7) is 8.25. The molecule has 2 heterocycles. The SMILES string of the molecule is Cc1ccnc2nc(C(=O)NC(C)CCC(C)C)nn12. The summed E-state index contributed by atoms with van der Waals surface area (Å²) in [6.07, 6.45) is 3.70. The standard InChI is InChI=1S/C14H21N5O/c1-9(2)5-6-10(3)16-13(20)12-17-14-15-8-7-11(4)19(14)18-12/h7-10H,5-6H2,1-4H3,(H,16,20). The largest absolute Gasteiger partial charge is 0.347 e. The molecule has 2 aromatic rings. The van der Waals surface area contributed by atoms with Gasteiger partial charge in [-0.25, -0.2) is 9.50 Å². The number of hydrogen-bond donors (Lipinski definition) is 1. The molecule has 0 saturated heterocycles. The van der Waals surface area contributed by atoms with E-state index >= 15 is 0 Å². The zero-order valence-corrected chi connectivity index (χ0v) is 12.4. The highest BCUT2D eigenvalue weighted by atomic mass is 16.2. The molecule has 1 N–H and O–H groups in total. The van der Waals surface area contributed by atoms with E-state index in [1.807, 2.05) is 19.9 Å². The van der Waals surface area contributed by atoms with Gasteiger partial charge in [-0.15, -0.1) is 5.10 Å². The first-order valence-corrected chi connectivity index (χ1v) is 6.96. The zero-order chi connectivity index (χ0) is 14.7. The summed E-state index contributed by atoms with van der Waals surface area (Å²) < 4.78 is 1.58. The maximum Gasteiger partial charge on any atom is 0.291 e. The van der Waals surface area contributed by atoms with Crippen LogP contribution in [0.2, 0.25) is 0 Å². The Bertz CT molecular complexity index is 605. The highest BCUT2D eigenvalue weighted by Gasteiger charge is 2.16. The van der Waals surface area contributed by atoms with E-state index in [4.69, 9.17) is 0 Å². The van der Waals surface area contributed by atoms with Gasteiger partial charge in [-0.05, 0) is 38.7 Å². The first-order valence-electron chi connectivity index (χ1n) is 6.96. The normalized spacial score (nSPS) is 12.8. The molecule has 1 unspecified atom stereocenters. The number of carbonyl (C=O) groups excluding carboxylic acids is 1. The van der Waals surface area contributed by atoms with Crippen molar-refractivity contribution in [3.05, 3.63) is 23.8 Å². The van der Waals surface area contributed by atoms with Gasteiger partial charge in [-0.3, -0.25) is 4.79 Å². The maximum atomic E-state index is 12.1. The average molecular weight is 275 g/mol. The fourth-order valence-corrected chi connectivity index (χ4v) is 1.95. The quantitative estimate of drug-likeness (QED) is 0.905. The molecule has 0 aromatic carbocycles. The lowest BCUT2D eigenvalue weighted by molar-refractivity contribution is 0.0927. The number of nitrogens with one attached hydrogen (secondary N) is 1. The Hall–Kier alpha value is -1.98. The van der Waals surface area contributed by atoms with Crippen LogP contribution in [0.4, 0.5) is 0 Å². The van der Waals surface area contributed by atoms with E-state index in [1.165, 1.54) is 0 Å². The number of rotatable bonds is 5. The van der Waals surface area contributed by atoms with Gasteiger partial charge in [0.05, 0.1) is 0 Å². The molecule has 2 aromatic heterocycles. The van der Waals surface area contributed by atoms with Crippen molar-refractivity contribution < 1.29 is 4.79 Å². The number of nitrogens with zero attached hydrogens (tertiary/aromatic N) is 4. The summed E-state index contributed by atoms with van der Waals surface area (Å²) in [6, 6.07) is 1.94. The van der Waals surface area contributed by atoms with Crippen molar-refractivity contribution >= 4 is 11.7 Å². The van der Waals surface area contributed by atoms with E-state index < -0.39 is 0 Å². The molecule has 6 heteroatoms. The molecule has 0 saturated carbocycles. The molecule has 2 rings (SSSR count). The molecular formula is C14H21N5O. The summed E-state index contributed by atoms with van der Waals surface area (Å²) in [5.74, 6) is 1.01. The second kappa shape index (κ2) is 5.98. The van der Waals surface area contributed by atoms with Gasteiger partial charge in [0.15, 0.2) is 0 Å². The highest BCUT2D eigenvalue weighted by Crippen LogP contribution is 2.07. The minimum absolute atomic E-state index is 0.116. The van der Waals surface area contributed by atoms with Crippen LogP contribution in [-0.2, 0) is 0 Å². The van der Waals surface area contributed by atoms with Gasteiger partial charge in [0.2, 0.25) is 5.82 Å². The molecule has 0 radical (unpaired) electrons. The Labute approximate surface area is 118 Å². The van der Waals surface area contributed by atoms with Crippen LogP contribution >= 0.6 is 0 Å². The Morgan fingerprint density at radius 3 is 2.75 bits per heavy atom. The first kappa shape index (κ1) is 14.4. The molecule has 0 aliphatic carbocycles. The van der Waals surface area contributed by atoms with Crippen molar-refractivity contribution in [2.75, 3.05) is 0 Å². The van der Waals surface area contributed by atoms with E-state index in [0.717, 1.165) is 18.5 Å². The van der Waals surface area contributed by atoms with E-state index in [2.05, 4.69) is 34.2 Å². The fraction of sp³-hybridized carbons (Fsp3) is 0.571. The van der Waals surface area contributed by atoms with E-state index in [1.54, 1.807) is 10.7 Å². The third-order valence-corrected chi connectivity index (χ3v) is 3.19. The fourth-order valence-electron chi connectivity index (χ4n) is 1.95. The molecule has 0 aliphatic heterocycles. The molecule has 1 atom stereocenters. The van der Waals surface area contributed by atoms with Gasteiger partial charge in [-0.2, -0.15) is 4.98 Å². The number of aromatic nitrogens is 4. The van der Waals surface area contributed by atoms with Crippen LogP contribution in [0.5, 0.6) is 0 Å². The van der Waals surface area contributed by atoms with Crippen molar-refractivity contribution in [3.8, 4) is 0 Å². The van der Waals surface area contributed by atoms with Gasteiger partial charge in [0.1, 0.15) is 0 Å². The topological polar surface area (TPSA) is 72.2 Å². The predicted molar refractivity (Wildman–Crippen MR) is 76.5 cm³/mol. The minimum atomic E-state index is -0.244. The summed E-state index contributed by atoms with van der Waals surface area (Å²) in [5, 5.41) is 7.12. The second-order valence-corrected chi connectivity index (χ2v) is 5.58. The Morgan fingerprint density at radius 1 is 1.35 bits per heavy atom. The Kier molecular flexibility index (Phi) is 4.32. The molecule has 0 aliphatic rings. The molecule has 1 amide bonds. The molecule has 0 spiro atoms. The van der Waals surface area contributed by atoms with Crippen molar-refractivity contribution in [2.45, 2.75) is 46.6 Å². The number of hydrogen-bond acceptors (Lipinski definition) is 4. The summed E-state index contributed by atoms with van der Waals surface area (Å²) in [4.78, 5) is 20.3. The van der Waals surface area contributed by atoms with E-state index in [0.29, 0.717) is 11.7 Å². The van der Waals surface area contributed by atoms with Crippen molar-refractivity contribution in [1.29, 1.82) is 0 Å².